The molecule has 6 nitrogen and oxygen atoms in total. The second kappa shape index (κ2) is 4.96. The fraction of sp³-hybridized carbons (Fsp3) is 0. The van der Waals surface area contributed by atoms with Crippen molar-refractivity contribution in [3.05, 3.63) is 57.9 Å². The Labute approximate surface area is 111 Å². The maximum Gasteiger partial charge on any atom is 0.335 e. The lowest BCUT2D eigenvalue weighted by molar-refractivity contribution is -0.384. The summed E-state index contributed by atoms with van der Waals surface area (Å²) in [5.41, 5.74) is -0.280. The summed E-state index contributed by atoms with van der Waals surface area (Å²) in [5, 5.41) is 28.8. The van der Waals surface area contributed by atoms with Gasteiger partial charge in [-0.2, -0.15) is 0 Å². The molecule has 0 aliphatic heterocycles. The lowest BCUT2D eigenvalue weighted by atomic mass is 10.0. The first-order valence-corrected chi connectivity index (χ1v) is 5.40. The number of hydrogen-bond acceptors (Lipinski definition) is 4. The van der Waals surface area contributed by atoms with Crippen molar-refractivity contribution in [1.82, 2.24) is 0 Å². The number of non-ortho nitro benzene ring substituents is 1. The average molecular weight is 277 g/mol. The van der Waals surface area contributed by atoms with Gasteiger partial charge in [0, 0.05) is 12.1 Å². The Morgan fingerprint density at radius 3 is 2.40 bits per heavy atom. The molecule has 7 heteroatoms. The van der Waals surface area contributed by atoms with Crippen LogP contribution in [0.15, 0.2) is 36.4 Å². The third kappa shape index (κ3) is 2.56. The van der Waals surface area contributed by atoms with Crippen molar-refractivity contribution in [3.8, 4) is 16.9 Å². The highest BCUT2D eigenvalue weighted by molar-refractivity contribution is 5.90. The highest BCUT2D eigenvalue weighted by atomic mass is 19.1. The fourth-order valence-electron chi connectivity index (χ4n) is 1.69. The number of carboxylic acid groups (broad SMARTS) is 1. The van der Waals surface area contributed by atoms with Crippen molar-refractivity contribution in [2.75, 3.05) is 0 Å². The molecule has 0 saturated heterocycles. The van der Waals surface area contributed by atoms with E-state index in [1.165, 1.54) is 12.1 Å². The van der Waals surface area contributed by atoms with Gasteiger partial charge in [-0.25, -0.2) is 9.18 Å². The van der Waals surface area contributed by atoms with Crippen LogP contribution in [0.5, 0.6) is 5.75 Å². The average Bonchev–Trinajstić information content (AvgIpc) is 2.41. The summed E-state index contributed by atoms with van der Waals surface area (Å²) in [7, 11) is 0. The predicted octanol–water partition coefficient (Wildman–Crippen LogP) is 2.80. The van der Waals surface area contributed by atoms with E-state index in [0.717, 1.165) is 24.3 Å². The number of aromatic carboxylic acids is 1. The van der Waals surface area contributed by atoms with Crippen LogP contribution in [0.2, 0.25) is 0 Å². The molecule has 0 radical (unpaired) electrons. The number of carbonyl (C=O) groups is 1. The van der Waals surface area contributed by atoms with E-state index in [1.54, 1.807) is 0 Å². The second-order valence-corrected chi connectivity index (χ2v) is 4.00. The number of rotatable bonds is 3. The molecular formula is C13H8FNO5. The van der Waals surface area contributed by atoms with Crippen molar-refractivity contribution >= 4 is 11.7 Å². The van der Waals surface area contributed by atoms with Crippen molar-refractivity contribution in [3.63, 3.8) is 0 Å². The molecule has 20 heavy (non-hydrogen) atoms. The number of halogens is 1. The fourth-order valence-corrected chi connectivity index (χ4v) is 1.69. The molecular weight excluding hydrogens is 269 g/mol. The van der Waals surface area contributed by atoms with E-state index in [2.05, 4.69) is 0 Å². The third-order valence-electron chi connectivity index (χ3n) is 2.66. The van der Waals surface area contributed by atoms with Gasteiger partial charge in [0.2, 0.25) is 0 Å². The van der Waals surface area contributed by atoms with Gasteiger partial charge in [0.25, 0.3) is 5.69 Å². The van der Waals surface area contributed by atoms with Crippen LogP contribution in [0.3, 0.4) is 0 Å². The molecule has 2 N–H and O–H groups in total. The molecule has 102 valence electrons. The van der Waals surface area contributed by atoms with E-state index in [9.17, 15) is 19.3 Å². The van der Waals surface area contributed by atoms with Gasteiger partial charge in [-0.1, -0.05) is 6.07 Å². The maximum absolute atomic E-state index is 13.3. The summed E-state index contributed by atoms with van der Waals surface area (Å²) in [6.45, 7) is 0. The zero-order valence-electron chi connectivity index (χ0n) is 9.91. The van der Waals surface area contributed by atoms with Gasteiger partial charge in [-0.05, 0) is 29.3 Å². The predicted molar refractivity (Wildman–Crippen MR) is 67.1 cm³/mol. The molecule has 0 fully saturated rings. The minimum Gasteiger partial charge on any atom is -0.505 e. The zero-order valence-corrected chi connectivity index (χ0v) is 9.91. The first-order chi connectivity index (χ1) is 9.38. The number of aromatic hydroxyl groups is 1. The molecule has 0 heterocycles. The molecule has 0 aliphatic carbocycles. The largest absolute Gasteiger partial charge is 0.505 e. The summed E-state index contributed by atoms with van der Waals surface area (Å²) in [6, 6.07) is 6.65. The minimum absolute atomic E-state index is 0.176. The molecule has 2 aromatic rings. The first kappa shape index (κ1) is 13.5. The number of nitrogens with zero attached hydrogens (tertiary/aromatic N) is 1. The summed E-state index contributed by atoms with van der Waals surface area (Å²) in [5.74, 6) is -2.78. The summed E-state index contributed by atoms with van der Waals surface area (Å²) in [6.07, 6.45) is 0. The Kier molecular flexibility index (Phi) is 3.34. The van der Waals surface area contributed by atoms with Crippen LogP contribution in [0.4, 0.5) is 10.1 Å². The van der Waals surface area contributed by atoms with Gasteiger partial charge >= 0.3 is 5.97 Å². The molecule has 0 unspecified atom stereocenters. The summed E-state index contributed by atoms with van der Waals surface area (Å²) < 4.78 is 13.3. The topological polar surface area (TPSA) is 101 Å². The standard InChI is InChI=1S/C13H8FNO5/c14-11-6-7(1-2-12(11)16)8-3-9(13(17)18)5-10(4-8)15(19)20/h1-6,16H,(H,17,18). The Balaban J connectivity index is 2.63. The molecule has 0 amide bonds. The number of phenols is 1. The van der Waals surface area contributed by atoms with Crippen LogP contribution in [0.25, 0.3) is 11.1 Å². The maximum atomic E-state index is 13.3. The van der Waals surface area contributed by atoms with E-state index in [-0.39, 0.29) is 16.7 Å². The van der Waals surface area contributed by atoms with Crippen LogP contribution < -0.4 is 0 Å². The van der Waals surface area contributed by atoms with E-state index in [4.69, 9.17) is 10.2 Å². The monoisotopic (exact) mass is 277 g/mol. The number of hydrogen-bond donors (Lipinski definition) is 2. The highest BCUT2D eigenvalue weighted by Crippen LogP contribution is 2.29. The lowest BCUT2D eigenvalue weighted by Gasteiger charge is -2.05. The van der Waals surface area contributed by atoms with Gasteiger partial charge in [0.05, 0.1) is 10.5 Å². The second-order valence-electron chi connectivity index (χ2n) is 4.00. The molecule has 2 aromatic carbocycles. The first-order valence-electron chi connectivity index (χ1n) is 5.40. The Bertz CT molecular complexity index is 682. The van der Waals surface area contributed by atoms with Crippen molar-refractivity contribution in [2.45, 2.75) is 0 Å². The smallest absolute Gasteiger partial charge is 0.335 e. The van der Waals surface area contributed by atoms with Crippen LogP contribution in [0.1, 0.15) is 10.4 Å². The van der Waals surface area contributed by atoms with E-state index in [1.807, 2.05) is 0 Å². The van der Waals surface area contributed by atoms with Gasteiger partial charge in [0.15, 0.2) is 11.6 Å². The molecule has 0 aromatic heterocycles. The molecule has 2 rings (SSSR count). The molecule has 0 aliphatic rings. The van der Waals surface area contributed by atoms with Crippen molar-refractivity contribution < 1.29 is 24.3 Å². The van der Waals surface area contributed by atoms with E-state index in [0.29, 0.717) is 0 Å². The lowest BCUT2D eigenvalue weighted by Crippen LogP contribution is -1.99. The molecule has 0 spiro atoms. The number of phenolic OH excluding ortho intramolecular Hbond substituents is 1. The van der Waals surface area contributed by atoms with Gasteiger partial charge in [-0.15, -0.1) is 0 Å². The third-order valence-corrected chi connectivity index (χ3v) is 2.66. The number of carboxylic acids is 1. The molecule has 0 bridgehead atoms. The van der Waals surface area contributed by atoms with E-state index >= 15 is 0 Å². The Morgan fingerprint density at radius 1 is 1.15 bits per heavy atom. The quantitative estimate of drug-likeness (QED) is 0.663. The zero-order chi connectivity index (χ0) is 14.9. The highest BCUT2D eigenvalue weighted by Gasteiger charge is 2.15. The van der Waals surface area contributed by atoms with Gasteiger partial charge in [-0.3, -0.25) is 10.1 Å². The van der Waals surface area contributed by atoms with Crippen LogP contribution in [-0.4, -0.2) is 21.1 Å². The SMILES string of the molecule is O=C(O)c1cc(-c2ccc(O)c(F)c2)cc([N+](=O)[O-])c1. The Morgan fingerprint density at radius 2 is 1.85 bits per heavy atom. The number of benzene rings is 2. The van der Waals surface area contributed by atoms with Gasteiger partial charge in [0.1, 0.15) is 0 Å². The van der Waals surface area contributed by atoms with Crippen molar-refractivity contribution in [2.24, 2.45) is 0 Å². The normalized spacial score (nSPS) is 10.2. The number of nitro benzene ring substituents is 1. The summed E-state index contributed by atoms with van der Waals surface area (Å²) >= 11 is 0. The van der Waals surface area contributed by atoms with Crippen LogP contribution in [-0.2, 0) is 0 Å². The molecule has 0 saturated carbocycles. The van der Waals surface area contributed by atoms with Crippen LogP contribution >= 0.6 is 0 Å². The van der Waals surface area contributed by atoms with Crippen molar-refractivity contribution in [1.29, 1.82) is 0 Å². The Hall–Kier alpha value is -2.96. The van der Waals surface area contributed by atoms with Crippen LogP contribution in [0, 0.1) is 15.9 Å². The minimum atomic E-state index is -1.32. The number of nitro groups is 1. The van der Waals surface area contributed by atoms with Gasteiger partial charge < -0.3 is 10.2 Å². The molecule has 0 atom stereocenters. The van der Waals surface area contributed by atoms with E-state index < -0.39 is 28.1 Å². The summed E-state index contributed by atoms with van der Waals surface area (Å²) in [4.78, 5) is 21.0.